The first-order valence-corrected chi connectivity index (χ1v) is 14.0. The monoisotopic (exact) mass is 528 g/mol. The number of allylic oxidation sites excluding steroid dienone is 1. The van der Waals surface area contributed by atoms with E-state index in [1.165, 1.54) is 11.1 Å². The Kier molecular flexibility index (Phi) is 8.03. The molecule has 4 aromatic carbocycles. The number of methoxy groups -OCH3 is 1. The van der Waals surface area contributed by atoms with Gasteiger partial charge in [0.15, 0.2) is 5.90 Å². The summed E-state index contributed by atoms with van der Waals surface area (Å²) in [6.45, 7) is 6.99. The molecule has 5 rings (SSSR count). The van der Waals surface area contributed by atoms with Gasteiger partial charge in [0.05, 0.1) is 25.3 Å². The zero-order valence-electron chi connectivity index (χ0n) is 23.7. The maximum absolute atomic E-state index is 9.16. The van der Waals surface area contributed by atoms with E-state index in [1.807, 2.05) is 31.2 Å². The van der Waals surface area contributed by atoms with Crippen molar-refractivity contribution in [3.63, 3.8) is 0 Å². The minimum absolute atomic E-state index is 0.192. The summed E-state index contributed by atoms with van der Waals surface area (Å²) in [7, 11) is 1.73. The SMILES string of the molecule is CCOC(=N)C1[C@H](C)CC(=Cc2ccc(-c3ccc4c(-c5ccc(C#N)cc5)cccc4c3OC)cc2)C[C@@H]1C. The maximum Gasteiger partial charge on any atom is 0.184 e. The summed E-state index contributed by atoms with van der Waals surface area (Å²) in [6, 6.07) is 29.2. The number of nitrogens with one attached hydrogen (secondary N) is 1. The molecule has 0 amide bonds. The Bertz CT molecular complexity index is 1580. The van der Waals surface area contributed by atoms with Crippen molar-refractivity contribution in [2.24, 2.45) is 17.8 Å². The van der Waals surface area contributed by atoms with Crippen molar-refractivity contribution in [2.45, 2.75) is 33.6 Å². The van der Waals surface area contributed by atoms with Gasteiger partial charge >= 0.3 is 0 Å². The summed E-state index contributed by atoms with van der Waals surface area (Å²) in [4.78, 5) is 0. The van der Waals surface area contributed by atoms with E-state index in [2.05, 4.69) is 80.6 Å². The predicted octanol–water partition coefficient (Wildman–Crippen LogP) is 9.13. The number of fused-ring (bicyclic) bond motifs is 1. The number of hydrogen-bond acceptors (Lipinski definition) is 4. The van der Waals surface area contributed by atoms with Crippen molar-refractivity contribution in [3.05, 3.63) is 95.6 Å². The fourth-order valence-electron chi connectivity index (χ4n) is 6.36. The Morgan fingerprint density at radius 2 is 1.52 bits per heavy atom. The van der Waals surface area contributed by atoms with Crippen molar-refractivity contribution >= 4 is 22.7 Å². The maximum atomic E-state index is 9.16. The van der Waals surface area contributed by atoms with Crippen LogP contribution in [0.25, 0.3) is 39.1 Å². The van der Waals surface area contributed by atoms with Gasteiger partial charge in [-0.25, -0.2) is 0 Å². The number of hydrogen-bond donors (Lipinski definition) is 1. The molecule has 4 aromatic rings. The van der Waals surface area contributed by atoms with Crippen LogP contribution in [0.1, 0.15) is 44.7 Å². The Labute approximate surface area is 237 Å². The Morgan fingerprint density at radius 3 is 2.15 bits per heavy atom. The van der Waals surface area contributed by atoms with Gasteiger partial charge in [-0.3, -0.25) is 5.41 Å². The summed E-state index contributed by atoms with van der Waals surface area (Å²) in [5.74, 6) is 2.28. The van der Waals surface area contributed by atoms with Gasteiger partial charge in [0.25, 0.3) is 0 Å². The molecule has 0 heterocycles. The van der Waals surface area contributed by atoms with E-state index in [-0.39, 0.29) is 5.92 Å². The Balaban J connectivity index is 1.42. The molecule has 0 bridgehead atoms. The van der Waals surface area contributed by atoms with E-state index in [0.717, 1.165) is 51.6 Å². The molecule has 4 heteroatoms. The van der Waals surface area contributed by atoms with Crippen LogP contribution in [0.3, 0.4) is 0 Å². The van der Waals surface area contributed by atoms with Gasteiger partial charge in [-0.05, 0) is 77.4 Å². The summed E-state index contributed by atoms with van der Waals surface area (Å²) >= 11 is 0. The van der Waals surface area contributed by atoms with Crippen LogP contribution in [-0.4, -0.2) is 19.6 Å². The van der Waals surface area contributed by atoms with Gasteiger partial charge < -0.3 is 9.47 Å². The normalized spacial score (nSPS) is 19.8. The highest BCUT2D eigenvalue weighted by atomic mass is 16.5. The van der Waals surface area contributed by atoms with Gasteiger partial charge in [0.2, 0.25) is 0 Å². The van der Waals surface area contributed by atoms with Crippen LogP contribution in [0, 0.1) is 34.5 Å². The quantitative estimate of drug-likeness (QED) is 0.200. The number of nitriles is 1. The van der Waals surface area contributed by atoms with Crippen molar-refractivity contribution in [1.82, 2.24) is 0 Å². The van der Waals surface area contributed by atoms with Crippen LogP contribution in [0.15, 0.2) is 84.4 Å². The summed E-state index contributed by atoms with van der Waals surface area (Å²) < 4.78 is 11.5. The number of ether oxygens (including phenoxy) is 2. The molecule has 1 aliphatic carbocycles. The van der Waals surface area contributed by atoms with E-state index in [9.17, 15) is 0 Å². The third-order valence-corrected chi connectivity index (χ3v) is 8.13. The van der Waals surface area contributed by atoms with Crippen LogP contribution in [0.2, 0.25) is 0 Å². The molecule has 202 valence electrons. The average molecular weight is 529 g/mol. The smallest absolute Gasteiger partial charge is 0.184 e. The van der Waals surface area contributed by atoms with E-state index < -0.39 is 0 Å². The second-order valence-electron chi connectivity index (χ2n) is 10.8. The van der Waals surface area contributed by atoms with Crippen molar-refractivity contribution in [2.75, 3.05) is 13.7 Å². The molecule has 1 fully saturated rings. The molecule has 1 unspecified atom stereocenters. The highest BCUT2D eigenvalue weighted by Crippen LogP contribution is 2.41. The summed E-state index contributed by atoms with van der Waals surface area (Å²) in [5, 5.41) is 19.7. The van der Waals surface area contributed by atoms with Gasteiger partial charge in [0, 0.05) is 16.9 Å². The first-order chi connectivity index (χ1) is 19.4. The minimum atomic E-state index is 0.192. The first-order valence-electron chi connectivity index (χ1n) is 14.0. The molecule has 0 aliphatic heterocycles. The van der Waals surface area contributed by atoms with Crippen LogP contribution in [0.4, 0.5) is 0 Å². The van der Waals surface area contributed by atoms with Crippen LogP contribution < -0.4 is 4.74 Å². The zero-order valence-corrected chi connectivity index (χ0v) is 23.7. The molecule has 0 saturated heterocycles. The van der Waals surface area contributed by atoms with Crippen LogP contribution in [-0.2, 0) is 4.74 Å². The lowest BCUT2D eigenvalue weighted by Gasteiger charge is -2.35. The highest BCUT2D eigenvalue weighted by molar-refractivity contribution is 6.03. The van der Waals surface area contributed by atoms with Crippen LogP contribution >= 0.6 is 0 Å². The van der Waals surface area contributed by atoms with Crippen LogP contribution in [0.5, 0.6) is 5.75 Å². The fourth-order valence-corrected chi connectivity index (χ4v) is 6.36. The molecule has 40 heavy (non-hydrogen) atoms. The average Bonchev–Trinajstić information content (AvgIpc) is 2.96. The van der Waals surface area contributed by atoms with Gasteiger partial charge in [-0.15, -0.1) is 0 Å². The van der Waals surface area contributed by atoms with E-state index in [1.54, 1.807) is 7.11 Å². The first kappa shape index (κ1) is 27.2. The lowest BCUT2D eigenvalue weighted by Crippen LogP contribution is -2.33. The second kappa shape index (κ2) is 11.8. The number of rotatable bonds is 6. The standard InChI is InChI=1S/C36H36N2O2/c1-5-40-36(38)34-23(2)19-27(20-24(34)3)21-25-9-13-29(14-10-25)31-17-18-32-30(7-6-8-33(32)35(31)39-4)28-15-11-26(22-37)12-16-28/h6-18,21,23-24,34,38H,5,19-20H2,1-4H3/t23-,24+,34?. The minimum Gasteiger partial charge on any atom is -0.495 e. The Hall–Kier alpha value is -4.36. The molecule has 1 saturated carbocycles. The topological polar surface area (TPSA) is 66.1 Å². The van der Waals surface area contributed by atoms with Gasteiger partial charge in [-0.1, -0.05) is 86.2 Å². The Morgan fingerprint density at radius 1 is 0.875 bits per heavy atom. The molecule has 1 aliphatic rings. The summed E-state index contributed by atoms with van der Waals surface area (Å²) in [6.07, 6.45) is 4.30. The lowest BCUT2D eigenvalue weighted by atomic mass is 9.71. The number of benzene rings is 4. The molecule has 0 aromatic heterocycles. The number of nitrogens with zero attached hydrogens (tertiary/aromatic N) is 1. The third kappa shape index (κ3) is 5.38. The van der Waals surface area contributed by atoms with E-state index in [0.29, 0.717) is 29.9 Å². The summed E-state index contributed by atoms with van der Waals surface area (Å²) in [5.41, 5.74) is 7.64. The lowest BCUT2D eigenvalue weighted by molar-refractivity contribution is 0.216. The molecular formula is C36H36N2O2. The molecule has 4 nitrogen and oxygen atoms in total. The van der Waals surface area contributed by atoms with E-state index in [4.69, 9.17) is 20.1 Å². The molecule has 0 radical (unpaired) electrons. The highest BCUT2D eigenvalue weighted by Gasteiger charge is 2.34. The molecule has 3 atom stereocenters. The van der Waals surface area contributed by atoms with Crippen molar-refractivity contribution in [3.8, 4) is 34.1 Å². The van der Waals surface area contributed by atoms with E-state index >= 15 is 0 Å². The van der Waals surface area contributed by atoms with Crippen molar-refractivity contribution < 1.29 is 9.47 Å². The molecule has 1 N–H and O–H groups in total. The zero-order chi connectivity index (χ0) is 28.2. The predicted molar refractivity (Wildman–Crippen MR) is 164 cm³/mol. The second-order valence-corrected chi connectivity index (χ2v) is 10.8. The largest absolute Gasteiger partial charge is 0.495 e. The molecule has 0 spiro atoms. The third-order valence-electron chi connectivity index (χ3n) is 8.13. The van der Waals surface area contributed by atoms with Crippen molar-refractivity contribution in [1.29, 1.82) is 10.7 Å². The fraction of sp³-hybridized carbons (Fsp3) is 0.278. The van der Waals surface area contributed by atoms with Gasteiger partial charge in [-0.2, -0.15) is 5.26 Å². The van der Waals surface area contributed by atoms with Gasteiger partial charge in [0.1, 0.15) is 5.75 Å². The molecular weight excluding hydrogens is 492 g/mol.